The van der Waals surface area contributed by atoms with E-state index in [9.17, 15) is 0 Å². The van der Waals surface area contributed by atoms with Crippen LogP contribution in [0.3, 0.4) is 0 Å². The van der Waals surface area contributed by atoms with Gasteiger partial charge in [-0.1, -0.05) is 30.3 Å². The molecule has 0 saturated carbocycles. The third-order valence-corrected chi connectivity index (χ3v) is 4.29. The summed E-state index contributed by atoms with van der Waals surface area (Å²) in [6.07, 6.45) is 10.1. The van der Waals surface area contributed by atoms with Gasteiger partial charge < -0.3 is 4.90 Å². The summed E-state index contributed by atoms with van der Waals surface area (Å²) in [5, 5.41) is 0. The number of nitrogens with zero attached hydrogens (tertiary/aromatic N) is 2. The number of likely N-dealkylation sites (tertiary alicyclic amines) is 2. The van der Waals surface area contributed by atoms with Crippen molar-refractivity contribution in [2.75, 3.05) is 26.2 Å². The summed E-state index contributed by atoms with van der Waals surface area (Å²) in [6, 6.07) is 11.4. The normalized spacial score (nSPS) is 22.4. The van der Waals surface area contributed by atoms with Gasteiger partial charge in [0, 0.05) is 13.1 Å². The first-order valence-electron chi connectivity index (χ1n) is 7.65. The Morgan fingerprint density at radius 3 is 2.16 bits per heavy atom. The Morgan fingerprint density at radius 1 is 0.842 bits per heavy atom. The third-order valence-electron chi connectivity index (χ3n) is 4.29. The van der Waals surface area contributed by atoms with E-state index in [2.05, 4.69) is 52.4 Å². The quantitative estimate of drug-likeness (QED) is 0.814. The van der Waals surface area contributed by atoms with E-state index in [0.717, 1.165) is 0 Å². The SMILES string of the molecule is C(=C\N1CCCC1)/C(c1ccccc1)N1CCCC1. The first-order chi connectivity index (χ1) is 9.43. The van der Waals surface area contributed by atoms with E-state index in [-0.39, 0.29) is 0 Å². The zero-order valence-electron chi connectivity index (χ0n) is 11.7. The molecular formula is C17H24N2. The van der Waals surface area contributed by atoms with Crippen molar-refractivity contribution >= 4 is 0 Å². The predicted octanol–water partition coefficient (Wildman–Crippen LogP) is 3.43. The van der Waals surface area contributed by atoms with E-state index in [1.165, 1.54) is 57.4 Å². The lowest BCUT2D eigenvalue weighted by Gasteiger charge is -2.26. The van der Waals surface area contributed by atoms with Gasteiger partial charge in [0.1, 0.15) is 0 Å². The maximum atomic E-state index is 2.61. The van der Waals surface area contributed by atoms with Crippen LogP contribution in [0.2, 0.25) is 0 Å². The topological polar surface area (TPSA) is 6.48 Å². The smallest absolute Gasteiger partial charge is 0.0548 e. The zero-order chi connectivity index (χ0) is 12.9. The molecule has 2 saturated heterocycles. The van der Waals surface area contributed by atoms with Crippen molar-refractivity contribution < 1.29 is 0 Å². The monoisotopic (exact) mass is 256 g/mol. The van der Waals surface area contributed by atoms with Crippen LogP contribution in [0.15, 0.2) is 42.6 Å². The molecule has 0 aromatic heterocycles. The second-order valence-electron chi connectivity index (χ2n) is 5.68. The average Bonchev–Trinajstić information content (AvgIpc) is 3.13. The number of rotatable bonds is 4. The van der Waals surface area contributed by atoms with Gasteiger partial charge in [0.05, 0.1) is 6.04 Å². The van der Waals surface area contributed by atoms with Crippen molar-refractivity contribution in [3.8, 4) is 0 Å². The highest BCUT2D eigenvalue weighted by Gasteiger charge is 2.21. The summed E-state index contributed by atoms with van der Waals surface area (Å²) in [7, 11) is 0. The average molecular weight is 256 g/mol. The molecular weight excluding hydrogens is 232 g/mol. The van der Waals surface area contributed by atoms with Crippen molar-refractivity contribution in [3.05, 3.63) is 48.2 Å². The van der Waals surface area contributed by atoms with Gasteiger partial charge in [-0.25, -0.2) is 0 Å². The summed E-state index contributed by atoms with van der Waals surface area (Å²) >= 11 is 0. The minimum absolute atomic E-state index is 0.462. The summed E-state index contributed by atoms with van der Waals surface area (Å²) in [4.78, 5) is 5.08. The lowest BCUT2D eigenvalue weighted by Crippen LogP contribution is -2.25. The Hall–Kier alpha value is -1.28. The van der Waals surface area contributed by atoms with E-state index in [1.54, 1.807) is 0 Å². The first-order valence-corrected chi connectivity index (χ1v) is 7.65. The van der Waals surface area contributed by atoms with Crippen molar-refractivity contribution in [2.45, 2.75) is 31.7 Å². The van der Waals surface area contributed by atoms with Crippen LogP contribution in [0.4, 0.5) is 0 Å². The van der Waals surface area contributed by atoms with Crippen LogP contribution < -0.4 is 0 Å². The maximum Gasteiger partial charge on any atom is 0.0548 e. The maximum absolute atomic E-state index is 2.61. The van der Waals surface area contributed by atoms with Gasteiger partial charge >= 0.3 is 0 Å². The van der Waals surface area contributed by atoms with Crippen LogP contribution in [0.1, 0.15) is 37.3 Å². The van der Waals surface area contributed by atoms with Gasteiger partial charge in [-0.15, -0.1) is 0 Å². The van der Waals surface area contributed by atoms with Crippen molar-refractivity contribution in [1.82, 2.24) is 9.80 Å². The van der Waals surface area contributed by atoms with E-state index in [0.29, 0.717) is 6.04 Å². The largest absolute Gasteiger partial charge is 0.378 e. The molecule has 19 heavy (non-hydrogen) atoms. The van der Waals surface area contributed by atoms with E-state index in [4.69, 9.17) is 0 Å². The minimum atomic E-state index is 0.462. The molecule has 0 N–H and O–H groups in total. The molecule has 2 heteroatoms. The fraction of sp³-hybridized carbons (Fsp3) is 0.529. The van der Waals surface area contributed by atoms with Crippen molar-refractivity contribution in [1.29, 1.82) is 0 Å². The van der Waals surface area contributed by atoms with Crippen LogP contribution in [-0.4, -0.2) is 36.0 Å². The third kappa shape index (κ3) is 3.19. The lowest BCUT2D eigenvalue weighted by molar-refractivity contribution is 0.285. The molecule has 0 amide bonds. The second-order valence-corrected chi connectivity index (χ2v) is 5.68. The molecule has 102 valence electrons. The zero-order valence-corrected chi connectivity index (χ0v) is 11.7. The van der Waals surface area contributed by atoms with Gasteiger partial charge in [-0.05, 0) is 56.6 Å². The van der Waals surface area contributed by atoms with Crippen molar-refractivity contribution in [3.63, 3.8) is 0 Å². The van der Waals surface area contributed by atoms with Gasteiger partial charge in [0.25, 0.3) is 0 Å². The molecule has 1 aromatic rings. The van der Waals surface area contributed by atoms with E-state index >= 15 is 0 Å². The van der Waals surface area contributed by atoms with E-state index < -0.39 is 0 Å². The Balaban J connectivity index is 1.75. The van der Waals surface area contributed by atoms with Gasteiger partial charge in [0.2, 0.25) is 0 Å². The molecule has 2 heterocycles. The predicted molar refractivity (Wildman–Crippen MR) is 79.9 cm³/mol. The highest BCUT2D eigenvalue weighted by atomic mass is 15.2. The molecule has 0 spiro atoms. The highest BCUT2D eigenvalue weighted by molar-refractivity contribution is 5.23. The molecule has 0 aliphatic carbocycles. The molecule has 3 rings (SSSR count). The van der Waals surface area contributed by atoms with Crippen LogP contribution in [0, 0.1) is 0 Å². The Bertz CT molecular complexity index is 401. The van der Waals surface area contributed by atoms with Crippen LogP contribution >= 0.6 is 0 Å². The van der Waals surface area contributed by atoms with Gasteiger partial charge in [-0.3, -0.25) is 4.90 Å². The Labute approximate surface area is 116 Å². The fourth-order valence-corrected chi connectivity index (χ4v) is 3.21. The fourth-order valence-electron chi connectivity index (χ4n) is 3.21. The van der Waals surface area contributed by atoms with E-state index in [1.807, 2.05) is 0 Å². The van der Waals surface area contributed by atoms with Crippen LogP contribution in [-0.2, 0) is 0 Å². The molecule has 1 unspecified atom stereocenters. The standard InChI is InChI=1S/C17H24N2/c1-2-8-16(9-3-1)17(19-13-6-7-14-19)10-15-18-11-4-5-12-18/h1-3,8-10,15,17H,4-7,11-14H2/b15-10+. The summed E-state index contributed by atoms with van der Waals surface area (Å²) in [5.41, 5.74) is 1.43. The molecule has 2 fully saturated rings. The number of hydrogen-bond acceptors (Lipinski definition) is 2. The first kappa shape index (κ1) is 12.7. The van der Waals surface area contributed by atoms with Crippen LogP contribution in [0.5, 0.6) is 0 Å². The minimum Gasteiger partial charge on any atom is -0.378 e. The molecule has 1 aromatic carbocycles. The summed E-state index contributed by atoms with van der Waals surface area (Å²) in [5.74, 6) is 0. The number of hydrogen-bond donors (Lipinski definition) is 0. The molecule has 0 bridgehead atoms. The van der Waals surface area contributed by atoms with Crippen molar-refractivity contribution in [2.24, 2.45) is 0 Å². The van der Waals surface area contributed by atoms with Crippen LogP contribution in [0.25, 0.3) is 0 Å². The summed E-state index contributed by atoms with van der Waals surface area (Å²) in [6.45, 7) is 4.95. The molecule has 0 radical (unpaired) electrons. The molecule has 2 aliphatic heterocycles. The summed E-state index contributed by atoms with van der Waals surface area (Å²) < 4.78 is 0. The molecule has 2 aliphatic rings. The molecule has 2 nitrogen and oxygen atoms in total. The van der Waals surface area contributed by atoms with Gasteiger partial charge in [-0.2, -0.15) is 0 Å². The highest BCUT2D eigenvalue weighted by Crippen LogP contribution is 2.26. The Kier molecular flexibility index (Phi) is 4.19. The Morgan fingerprint density at radius 2 is 1.47 bits per heavy atom. The van der Waals surface area contributed by atoms with Gasteiger partial charge in [0.15, 0.2) is 0 Å². The number of benzene rings is 1. The second kappa shape index (κ2) is 6.25. The lowest BCUT2D eigenvalue weighted by atomic mass is 10.1. The molecule has 1 atom stereocenters.